The molecule has 0 saturated heterocycles. The maximum Gasteiger partial charge on any atom is 0.278 e. The highest BCUT2D eigenvalue weighted by Crippen LogP contribution is 2.35. The van der Waals surface area contributed by atoms with Crippen LogP contribution in [0.25, 0.3) is 51.8 Å². The Morgan fingerprint density at radius 1 is 0.419 bits per heavy atom. The third-order valence-electron chi connectivity index (χ3n) is 14.2. The molecule has 15 rings (SSSR count). The molecule has 0 aliphatic carbocycles. The Bertz CT molecular complexity index is 4600. The molecular weight excluding hydrogens is 1080 g/mol. The van der Waals surface area contributed by atoms with Crippen molar-refractivity contribution in [1.29, 1.82) is 0 Å². The SMILES string of the molecule is C.C#Cc1ccc2c(c1)C(c1ccccc1)=NCc1c(-c3nc(C)no3)ncn1-2.C#Cc1ccc2c(c1)C(c1ccccc1)=NCc1c(-c3nc(C)no3)ncn1-2.C#Cc1ccc2c(c1)C(c1ccccc1F)=NCc1c(-c3nc(C)no3)ncn1-2. The van der Waals surface area contributed by atoms with Gasteiger partial charge in [-0.15, -0.1) is 19.3 Å². The van der Waals surface area contributed by atoms with E-state index in [0.717, 1.165) is 84.5 Å². The first-order valence-corrected chi connectivity index (χ1v) is 26.6. The zero-order chi connectivity index (χ0) is 58.1. The lowest BCUT2D eigenvalue weighted by Gasteiger charge is -2.12. The molecule has 9 heterocycles. The molecule has 0 saturated carbocycles. The molecule has 0 amide bonds. The molecule has 18 nitrogen and oxygen atoms in total. The van der Waals surface area contributed by atoms with Crippen LogP contribution >= 0.6 is 0 Å². The average Bonchev–Trinajstić information content (AvgIpc) is 3.99. The van der Waals surface area contributed by atoms with Gasteiger partial charge in [0, 0.05) is 50.1 Å². The van der Waals surface area contributed by atoms with Gasteiger partial charge in [0.1, 0.15) is 24.8 Å². The molecule has 0 fully saturated rings. The second-order valence-electron chi connectivity index (χ2n) is 19.5. The fourth-order valence-corrected chi connectivity index (χ4v) is 10.3. The molecule has 0 N–H and O–H groups in total. The van der Waals surface area contributed by atoms with Crippen LogP contribution < -0.4 is 0 Å². The van der Waals surface area contributed by atoms with E-state index in [9.17, 15) is 4.39 Å². The molecular formula is C67H48FN15O3. The number of hydrogen-bond acceptors (Lipinski definition) is 15. The minimum atomic E-state index is -0.347. The number of aliphatic imine (C=N–C) groups is 3. The third-order valence-corrected chi connectivity index (χ3v) is 14.2. The lowest BCUT2D eigenvalue weighted by Crippen LogP contribution is -2.09. The Kier molecular flexibility index (Phi) is 14.7. The van der Waals surface area contributed by atoms with Crippen molar-refractivity contribution in [2.75, 3.05) is 0 Å². The van der Waals surface area contributed by atoms with E-state index < -0.39 is 0 Å². The first-order valence-electron chi connectivity index (χ1n) is 26.6. The summed E-state index contributed by atoms with van der Waals surface area (Å²) in [5.41, 5.74) is 16.9. The Morgan fingerprint density at radius 3 is 1.09 bits per heavy atom. The van der Waals surface area contributed by atoms with Crippen molar-refractivity contribution < 1.29 is 18.0 Å². The van der Waals surface area contributed by atoms with E-state index in [1.165, 1.54) is 6.07 Å². The van der Waals surface area contributed by atoms with Gasteiger partial charge in [-0.25, -0.2) is 19.3 Å². The van der Waals surface area contributed by atoms with Gasteiger partial charge >= 0.3 is 0 Å². The van der Waals surface area contributed by atoms with Gasteiger partial charge in [-0.2, -0.15) is 15.0 Å². The number of fused-ring (bicyclic) bond motifs is 9. The Balaban J connectivity index is 0.000000126. The minimum absolute atomic E-state index is 0. The maximum atomic E-state index is 14.6. The number of rotatable bonds is 6. The van der Waals surface area contributed by atoms with E-state index >= 15 is 0 Å². The van der Waals surface area contributed by atoms with Crippen molar-refractivity contribution in [3.05, 3.63) is 249 Å². The van der Waals surface area contributed by atoms with Crippen LogP contribution in [0.2, 0.25) is 0 Å². The van der Waals surface area contributed by atoms with Crippen molar-refractivity contribution in [1.82, 2.24) is 59.1 Å². The van der Waals surface area contributed by atoms with E-state index in [-0.39, 0.29) is 19.8 Å². The average molecular weight is 1130 g/mol. The van der Waals surface area contributed by atoms with Gasteiger partial charge in [0.2, 0.25) is 0 Å². The molecule has 12 aromatic rings. The third kappa shape index (κ3) is 10.2. The van der Waals surface area contributed by atoms with Crippen molar-refractivity contribution in [2.45, 2.75) is 47.8 Å². The highest BCUT2D eigenvalue weighted by molar-refractivity contribution is 6.17. The summed E-state index contributed by atoms with van der Waals surface area (Å²) < 4.78 is 36.5. The Labute approximate surface area is 492 Å². The molecule has 6 aromatic heterocycles. The summed E-state index contributed by atoms with van der Waals surface area (Å²) >= 11 is 0. The lowest BCUT2D eigenvalue weighted by atomic mass is 9.98. The lowest BCUT2D eigenvalue weighted by molar-refractivity contribution is 0.424. The summed E-state index contributed by atoms with van der Waals surface area (Å²) in [5.74, 6) is 10.5. The van der Waals surface area contributed by atoms with Crippen LogP contribution in [-0.4, -0.2) is 76.2 Å². The van der Waals surface area contributed by atoms with Gasteiger partial charge in [-0.3, -0.25) is 28.7 Å². The number of nitrogens with zero attached hydrogens (tertiary/aromatic N) is 15. The monoisotopic (exact) mass is 1130 g/mol. The molecule has 19 heteroatoms. The summed E-state index contributed by atoms with van der Waals surface area (Å²) in [4.78, 5) is 41.0. The number of hydrogen-bond donors (Lipinski definition) is 0. The van der Waals surface area contributed by atoms with Crippen LogP contribution in [0.3, 0.4) is 0 Å². The first kappa shape index (κ1) is 54.6. The molecule has 0 unspecified atom stereocenters. The largest absolute Gasteiger partial charge is 0.332 e. The number of aryl methyl sites for hydroxylation is 3. The molecule has 3 aliphatic rings. The molecule has 3 aliphatic heterocycles. The van der Waals surface area contributed by atoms with Gasteiger partial charge in [-0.05, 0) is 87.5 Å². The van der Waals surface area contributed by atoms with Gasteiger partial charge < -0.3 is 13.6 Å². The molecule has 6 aromatic carbocycles. The zero-order valence-corrected chi connectivity index (χ0v) is 45.7. The number of benzene rings is 6. The second kappa shape index (κ2) is 23.1. The standard InChI is InChI=1S/C22H14FN5O.2C22H15N5O.CH4/c1-3-14-8-9-18-16(10-14)20(15-6-4-5-7-17(15)23)24-11-19-21(25-12-28(18)19)22-26-13(2)27-29-22;2*1-3-15-9-10-18-17(11-15)20(16-7-5-4-6-8-16)23-12-19-21(24-13-27(18)19)22-25-14(2)26-28-22;/h1,4-10,12H,11H2,2H3;2*1,4-11,13H,12H2,2H3;1H4. The van der Waals surface area contributed by atoms with E-state index in [1.807, 2.05) is 129 Å². The predicted molar refractivity (Wildman–Crippen MR) is 323 cm³/mol. The normalized spacial score (nSPS) is 12.4. The van der Waals surface area contributed by atoms with E-state index in [4.69, 9.17) is 47.8 Å². The van der Waals surface area contributed by atoms with E-state index in [2.05, 4.69) is 63.1 Å². The highest BCUT2D eigenvalue weighted by atomic mass is 19.1. The fourth-order valence-electron chi connectivity index (χ4n) is 10.3. The summed E-state index contributed by atoms with van der Waals surface area (Å²) in [7, 11) is 0. The van der Waals surface area contributed by atoms with Crippen molar-refractivity contribution >= 4 is 17.1 Å². The fraction of sp³-hybridized carbons (Fsp3) is 0.104. The summed E-state index contributed by atoms with van der Waals surface area (Å²) in [5, 5.41) is 11.6. The van der Waals surface area contributed by atoms with E-state index in [0.29, 0.717) is 82.2 Å². The highest BCUT2D eigenvalue weighted by Gasteiger charge is 2.29. The predicted octanol–water partition coefficient (Wildman–Crippen LogP) is 11.5. The summed E-state index contributed by atoms with van der Waals surface area (Å²) in [6, 6.07) is 44.1. The van der Waals surface area contributed by atoms with Crippen LogP contribution in [0.5, 0.6) is 0 Å². The summed E-state index contributed by atoms with van der Waals surface area (Å²) in [6.45, 7) is 6.43. The van der Waals surface area contributed by atoms with Gasteiger partial charge in [0.05, 0.1) is 70.9 Å². The van der Waals surface area contributed by atoms with Gasteiger partial charge in [-0.1, -0.05) is 113 Å². The topological polar surface area (TPSA) is 207 Å². The van der Waals surface area contributed by atoms with Crippen LogP contribution in [-0.2, 0) is 19.6 Å². The van der Waals surface area contributed by atoms with Crippen LogP contribution in [0, 0.1) is 63.6 Å². The maximum absolute atomic E-state index is 14.6. The number of imidazole rings is 3. The quantitative estimate of drug-likeness (QED) is 0.143. The molecule has 0 atom stereocenters. The van der Waals surface area contributed by atoms with Crippen molar-refractivity contribution in [3.8, 4) is 88.8 Å². The van der Waals surface area contributed by atoms with Crippen LogP contribution in [0.1, 0.15) is 92.1 Å². The minimum Gasteiger partial charge on any atom is -0.332 e. The first-order chi connectivity index (χ1) is 41.6. The van der Waals surface area contributed by atoms with Crippen LogP contribution in [0.15, 0.2) is 187 Å². The Morgan fingerprint density at radius 2 is 0.756 bits per heavy atom. The van der Waals surface area contributed by atoms with E-state index in [1.54, 1.807) is 58.0 Å². The smallest absolute Gasteiger partial charge is 0.278 e. The molecule has 0 spiro atoms. The van der Waals surface area contributed by atoms with Gasteiger partial charge in [0.15, 0.2) is 34.6 Å². The number of terminal acetylenes is 3. The van der Waals surface area contributed by atoms with Gasteiger partial charge in [0.25, 0.3) is 17.7 Å². The molecule has 0 radical (unpaired) electrons. The zero-order valence-electron chi connectivity index (χ0n) is 45.7. The summed E-state index contributed by atoms with van der Waals surface area (Å²) in [6.07, 6.45) is 22.1. The number of aromatic nitrogens is 12. The number of halogens is 1. The second-order valence-corrected chi connectivity index (χ2v) is 19.5. The van der Waals surface area contributed by atoms with Crippen LogP contribution in [0.4, 0.5) is 4.39 Å². The Hall–Kier alpha value is -12.0. The van der Waals surface area contributed by atoms with Crippen molar-refractivity contribution in [3.63, 3.8) is 0 Å². The molecule has 0 bridgehead atoms. The molecule has 416 valence electrons. The molecule has 86 heavy (non-hydrogen) atoms. The van der Waals surface area contributed by atoms with Crippen molar-refractivity contribution in [2.24, 2.45) is 15.0 Å².